The smallest absolute Gasteiger partial charge is 0.383 e. The molecule has 26 heavy (non-hydrogen) atoms. The summed E-state index contributed by atoms with van der Waals surface area (Å²) in [5, 5.41) is 0. The van der Waals surface area contributed by atoms with E-state index in [0.717, 1.165) is 6.42 Å². The lowest BCUT2D eigenvalue weighted by molar-refractivity contribution is -0.150. The molecule has 0 aromatic rings. The fraction of sp³-hybridized carbons (Fsp3) is 0.444. The van der Waals surface area contributed by atoms with Crippen LogP contribution in [0.5, 0.6) is 0 Å². The molecule has 2 heterocycles. The molecule has 140 valence electrons. The van der Waals surface area contributed by atoms with Gasteiger partial charge in [0.05, 0.1) is 28.4 Å². The molecule has 0 aromatic heterocycles. The maximum Gasteiger partial charge on any atom is 0.383 e. The van der Waals surface area contributed by atoms with Gasteiger partial charge in [0, 0.05) is 5.92 Å². The van der Waals surface area contributed by atoms with E-state index in [2.05, 4.69) is 0 Å². The van der Waals surface area contributed by atoms with E-state index < -0.39 is 17.5 Å². The van der Waals surface area contributed by atoms with Crippen LogP contribution in [-0.2, 0) is 38.0 Å². The van der Waals surface area contributed by atoms with E-state index in [9.17, 15) is 9.59 Å². The van der Waals surface area contributed by atoms with Gasteiger partial charge in [-0.3, -0.25) is 0 Å². The number of carbonyl (C=O) groups excluding carboxylic acids is 2. The standard InChI is InChI=1S/C18H20O8/c1-21-12-11(25-16(19)13(12)22-2)9-10-7-5-6-8-18(10)15(24-4)14(23-3)17(20)26-18/h6,8-10H,5,7H2,1-4H3/t10-,18-/m1/s1. The minimum atomic E-state index is -1.16. The first-order valence-corrected chi connectivity index (χ1v) is 8.02. The summed E-state index contributed by atoms with van der Waals surface area (Å²) in [6, 6.07) is 0. The van der Waals surface area contributed by atoms with E-state index in [1.165, 1.54) is 28.4 Å². The Hall–Kier alpha value is -2.90. The molecule has 0 unspecified atom stereocenters. The van der Waals surface area contributed by atoms with Crippen LogP contribution in [0.1, 0.15) is 12.8 Å². The first-order valence-electron chi connectivity index (χ1n) is 8.02. The van der Waals surface area contributed by atoms with Crippen LogP contribution >= 0.6 is 0 Å². The van der Waals surface area contributed by atoms with Gasteiger partial charge in [0.2, 0.25) is 11.5 Å². The molecule has 2 atom stereocenters. The predicted octanol–water partition coefficient (Wildman–Crippen LogP) is 1.70. The van der Waals surface area contributed by atoms with E-state index in [4.69, 9.17) is 28.4 Å². The third-order valence-electron chi connectivity index (χ3n) is 4.56. The van der Waals surface area contributed by atoms with Gasteiger partial charge in [0.1, 0.15) is 0 Å². The predicted molar refractivity (Wildman–Crippen MR) is 87.0 cm³/mol. The molecule has 1 aliphatic carbocycles. The zero-order chi connectivity index (χ0) is 18.9. The van der Waals surface area contributed by atoms with Crippen LogP contribution in [0.2, 0.25) is 0 Å². The Bertz CT molecular complexity index is 757. The van der Waals surface area contributed by atoms with Crippen molar-refractivity contribution in [2.24, 2.45) is 5.92 Å². The van der Waals surface area contributed by atoms with Gasteiger partial charge in [-0.05, 0) is 25.0 Å². The average Bonchev–Trinajstić information content (AvgIpc) is 3.09. The van der Waals surface area contributed by atoms with Gasteiger partial charge in [0.15, 0.2) is 17.1 Å². The summed E-state index contributed by atoms with van der Waals surface area (Å²) in [4.78, 5) is 24.2. The molecule has 8 heteroatoms. The molecule has 3 aliphatic rings. The van der Waals surface area contributed by atoms with Crippen LogP contribution in [-0.4, -0.2) is 46.0 Å². The number of hydrogen-bond acceptors (Lipinski definition) is 8. The molecule has 8 nitrogen and oxygen atoms in total. The average molecular weight is 364 g/mol. The van der Waals surface area contributed by atoms with Crippen molar-refractivity contribution in [2.45, 2.75) is 18.4 Å². The summed E-state index contributed by atoms with van der Waals surface area (Å²) in [5.74, 6) is -0.908. The highest BCUT2D eigenvalue weighted by atomic mass is 16.6. The van der Waals surface area contributed by atoms with E-state index in [1.807, 2.05) is 6.08 Å². The lowest BCUT2D eigenvalue weighted by Crippen LogP contribution is -2.40. The Morgan fingerprint density at radius 1 is 1.00 bits per heavy atom. The Morgan fingerprint density at radius 3 is 2.31 bits per heavy atom. The van der Waals surface area contributed by atoms with E-state index in [-0.39, 0.29) is 34.7 Å². The van der Waals surface area contributed by atoms with Crippen molar-refractivity contribution in [3.63, 3.8) is 0 Å². The van der Waals surface area contributed by atoms with Crippen molar-refractivity contribution >= 4 is 11.9 Å². The molecule has 0 fully saturated rings. The van der Waals surface area contributed by atoms with Crippen molar-refractivity contribution < 1.29 is 38.0 Å². The Balaban J connectivity index is 2.07. The quantitative estimate of drug-likeness (QED) is 0.538. The van der Waals surface area contributed by atoms with Gasteiger partial charge in [-0.1, -0.05) is 6.08 Å². The molecule has 1 spiro atoms. The minimum Gasteiger partial charge on any atom is -0.493 e. The van der Waals surface area contributed by atoms with Crippen molar-refractivity contribution in [2.75, 3.05) is 28.4 Å². The first kappa shape index (κ1) is 17.9. The van der Waals surface area contributed by atoms with Crippen LogP contribution in [0.4, 0.5) is 0 Å². The number of carbonyl (C=O) groups is 2. The molecule has 2 aliphatic heterocycles. The maximum absolute atomic E-state index is 12.2. The molecule has 0 saturated heterocycles. The van der Waals surface area contributed by atoms with Crippen LogP contribution in [0, 0.1) is 5.92 Å². The SMILES string of the molecule is COC1=C(OC)C(=C[C@H]2CCC=C[C@@]23OC(=O)C(OC)=C3OC)OC1=O. The van der Waals surface area contributed by atoms with Crippen LogP contribution in [0.3, 0.4) is 0 Å². The second-order valence-corrected chi connectivity index (χ2v) is 5.82. The number of allylic oxidation sites excluding steroid dienone is 1. The zero-order valence-electron chi connectivity index (χ0n) is 15.0. The van der Waals surface area contributed by atoms with Gasteiger partial charge in [-0.15, -0.1) is 0 Å². The third kappa shape index (κ3) is 2.53. The van der Waals surface area contributed by atoms with Crippen molar-refractivity contribution in [3.05, 3.63) is 47.0 Å². The lowest BCUT2D eigenvalue weighted by atomic mass is 9.78. The number of rotatable bonds is 5. The largest absolute Gasteiger partial charge is 0.493 e. The molecule has 0 radical (unpaired) electrons. The lowest BCUT2D eigenvalue weighted by Gasteiger charge is -2.35. The zero-order valence-corrected chi connectivity index (χ0v) is 15.0. The molecule has 0 bridgehead atoms. The Labute approximate surface area is 150 Å². The second-order valence-electron chi connectivity index (χ2n) is 5.82. The highest BCUT2D eigenvalue weighted by Crippen LogP contribution is 2.46. The maximum atomic E-state index is 12.2. The molecule has 0 aromatic carbocycles. The topological polar surface area (TPSA) is 89.5 Å². The number of ether oxygens (including phenoxy) is 6. The Kier molecular flexibility index (Phi) is 4.67. The molecular formula is C18H20O8. The monoisotopic (exact) mass is 364 g/mol. The fourth-order valence-electron chi connectivity index (χ4n) is 3.44. The molecule has 0 saturated carbocycles. The van der Waals surface area contributed by atoms with Gasteiger partial charge in [-0.2, -0.15) is 0 Å². The van der Waals surface area contributed by atoms with Gasteiger partial charge >= 0.3 is 11.9 Å². The van der Waals surface area contributed by atoms with E-state index >= 15 is 0 Å². The fourth-order valence-corrected chi connectivity index (χ4v) is 3.44. The summed E-state index contributed by atoms with van der Waals surface area (Å²) in [6.45, 7) is 0. The summed E-state index contributed by atoms with van der Waals surface area (Å²) in [6.07, 6.45) is 6.76. The van der Waals surface area contributed by atoms with Crippen molar-refractivity contribution in [1.82, 2.24) is 0 Å². The van der Waals surface area contributed by atoms with Gasteiger partial charge in [0.25, 0.3) is 5.76 Å². The van der Waals surface area contributed by atoms with Crippen molar-refractivity contribution in [3.8, 4) is 0 Å². The number of hydrogen-bond donors (Lipinski definition) is 0. The minimum absolute atomic E-state index is 0.0114. The van der Waals surface area contributed by atoms with Gasteiger partial charge < -0.3 is 28.4 Å². The van der Waals surface area contributed by atoms with Crippen molar-refractivity contribution in [1.29, 1.82) is 0 Å². The second kappa shape index (κ2) is 6.78. The van der Waals surface area contributed by atoms with Crippen LogP contribution in [0.15, 0.2) is 47.0 Å². The van der Waals surface area contributed by atoms with Gasteiger partial charge in [-0.25, -0.2) is 9.59 Å². The summed E-state index contributed by atoms with van der Waals surface area (Å²) >= 11 is 0. The highest BCUT2D eigenvalue weighted by molar-refractivity contribution is 5.92. The molecular weight excluding hydrogens is 344 g/mol. The van der Waals surface area contributed by atoms with Crippen LogP contribution in [0.25, 0.3) is 0 Å². The normalized spacial score (nSPS) is 29.4. The number of cyclic esters (lactones) is 1. The number of esters is 2. The molecule has 3 rings (SSSR count). The first-order chi connectivity index (χ1) is 12.5. The molecule has 0 amide bonds. The summed E-state index contributed by atoms with van der Waals surface area (Å²) < 4.78 is 31.8. The molecule has 0 N–H and O–H groups in total. The van der Waals surface area contributed by atoms with E-state index in [0.29, 0.717) is 6.42 Å². The Morgan fingerprint density at radius 2 is 1.69 bits per heavy atom. The third-order valence-corrected chi connectivity index (χ3v) is 4.56. The van der Waals surface area contributed by atoms with Crippen LogP contribution < -0.4 is 0 Å². The van der Waals surface area contributed by atoms with E-state index in [1.54, 1.807) is 12.2 Å². The number of methoxy groups -OCH3 is 4. The summed E-state index contributed by atoms with van der Waals surface area (Å²) in [5.41, 5.74) is -1.16. The highest BCUT2D eigenvalue weighted by Gasteiger charge is 2.54. The summed E-state index contributed by atoms with van der Waals surface area (Å²) in [7, 11) is 5.60.